The molecule has 0 aromatic carbocycles. The van der Waals surface area contributed by atoms with Crippen LogP contribution in [-0.4, -0.2) is 57.5 Å². The summed E-state index contributed by atoms with van der Waals surface area (Å²) in [6, 6.07) is 0. The first-order chi connectivity index (χ1) is 11.3. The lowest BCUT2D eigenvalue weighted by atomic mass is 10.1. The van der Waals surface area contributed by atoms with Crippen LogP contribution in [0.3, 0.4) is 0 Å². The summed E-state index contributed by atoms with van der Waals surface area (Å²) < 4.78 is 34.4. The van der Waals surface area contributed by atoms with Gasteiger partial charge in [0.25, 0.3) is 10.1 Å². The molecule has 0 radical (unpaired) electrons. The molecule has 0 atom stereocenters. The molecular weight excluding hydrogens is 332 g/mol. The lowest BCUT2D eigenvalue weighted by molar-refractivity contribution is -0.117. The molecule has 0 bridgehead atoms. The predicted octanol–water partition coefficient (Wildman–Crippen LogP) is 1.51. The van der Waals surface area contributed by atoms with Crippen molar-refractivity contribution in [2.75, 3.05) is 38.6 Å². The lowest BCUT2D eigenvalue weighted by Crippen LogP contribution is -2.30. The normalized spacial score (nSPS) is 14.4. The van der Waals surface area contributed by atoms with Crippen LogP contribution in [0.4, 0.5) is 0 Å². The van der Waals surface area contributed by atoms with Gasteiger partial charge < -0.3 is 15.4 Å². The van der Waals surface area contributed by atoms with E-state index in [1.165, 1.54) is 0 Å². The summed E-state index contributed by atoms with van der Waals surface area (Å²) in [4.78, 5) is 11.1. The van der Waals surface area contributed by atoms with Crippen LogP contribution in [0.1, 0.15) is 45.4 Å². The van der Waals surface area contributed by atoms with Crippen LogP contribution in [-0.2, 0) is 19.6 Å². The van der Waals surface area contributed by atoms with Gasteiger partial charge in [0.15, 0.2) is 0 Å². The Kier molecular flexibility index (Phi) is 13.8. The fourth-order valence-corrected chi connectivity index (χ4v) is 2.55. The van der Waals surface area contributed by atoms with Gasteiger partial charge in [0.1, 0.15) is 0 Å². The van der Waals surface area contributed by atoms with E-state index in [2.05, 4.69) is 17.2 Å². The molecule has 1 saturated heterocycles. The average molecular weight is 365 g/mol. The van der Waals surface area contributed by atoms with Gasteiger partial charge >= 0.3 is 0 Å². The molecule has 0 unspecified atom stereocenters. The van der Waals surface area contributed by atoms with Gasteiger partial charge in [-0.15, -0.1) is 0 Å². The average Bonchev–Trinajstić information content (AvgIpc) is 2.54. The van der Waals surface area contributed by atoms with Crippen molar-refractivity contribution < 1.29 is 22.5 Å². The van der Waals surface area contributed by atoms with Gasteiger partial charge in [-0.1, -0.05) is 32.3 Å². The van der Waals surface area contributed by atoms with Crippen molar-refractivity contribution in [1.82, 2.24) is 10.6 Å². The molecule has 142 valence electrons. The van der Waals surface area contributed by atoms with Gasteiger partial charge in [0.05, 0.1) is 19.0 Å². The van der Waals surface area contributed by atoms with Crippen LogP contribution in [0, 0.1) is 0 Å². The second-order valence-corrected chi connectivity index (χ2v) is 7.38. The summed E-state index contributed by atoms with van der Waals surface area (Å²) in [5.74, 6) is -0.259. The number of morpholine rings is 1. The first kappa shape index (κ1) is 23.0. The summed E-state index contributed by atoms with van der Waals surface area (Å²) in [7, 11) is -3.80. The largest absolute Gasteiger partial charge is 0.379 e. The first-order valence-corrected chi connectivity index (χ1v) is 10.1. The Hall–Kier alpha value is -0.960. The van der Waals surface area contributed by atoms with Crippen molar-refractivity contribution in [2.45, 2.75) is 45.4 Å². The second-order valence-electron chi connectivity index (χ2n) is 5.81. The summed E-state index contributed by atoms with van der Waals surface area (Å²) in [6.45, 7) is 9.70. The third kappa shape index (κ3) is 17.4. The topological polar surface area (TPSA) is 105 Å². The molecular formula is C16H32N2O5S. The summed E-state index contributed by atoms with van der Waals surface area (Å²) in [5, 5.41) is 5.91. The molecule has 3 N–H and O–H groups in total. The van der Waals surface area contributed by atoms with Crippen molar-refractivity contribution in [3.63, 3.8) is 0 Å². The van der Waals surface area contributed by atoms with Crippen LogP contribution >= 0.6 is 0 Å². The maximum atomic E-state index is 11.1. The molecule has 1 aliphatic rings. The monoisotopic (exact) mass is 364 g/mol. The molecule has 0 saturated carbocycles. The standard InChI is InChI=1S/C12H23NO4S.C4H9NO/c1-11(2)12(14)13-9-7-5-3-4-6-8-10-18(15,16)17;1-3-6-4-2-5-1/h1,3-10H2,2H3,(H,13,14)(H,15,16,17);5H,1-4H2. The molecule has 1 aliphatic heterocycles. The van der Waals surface area contributed by atoms with Crippen LogP contribution in [0.15, 0.2) is 12.2 Å². The predicted molar refractivity (Wildman–Crippen MR) is 95.6 cm³/mol. The molecule has 1 heterocycles. The van der Waals surface area contributed by atoms with Gasteiger partial charge in [-0.05, 0) is 19.8 Å². The minimum absolute atomic E-state index is 0.108. The number of unbranched alkanes of at least 4 members (excludes halogenated alkanes) is 5. The van der Waals surface area contributed by atoms with Crippen LogP contribution in [0.2, 0.25) is 0 Å². The minimum Gasteiger partial charge on any atom is -0.379 e. The van der Waals surface area contributed by atoms with Gasteiger partial charge in [-0.3, -0.25) is 9.35 Å². The second kappa shape index (κ2) is 14.4. The van der Waals surface area contributed by atoms with Crippen LogP contribution in [0.5, 0.6) is 0 Å². The highest BCUT2D eigenvalue weighted by molar-refractivity contribution is 7.85. The van der Waals surface area contributed by atoms with Gasteiger partial charge in [0, 0.05) is 25.2 Å². The number of carbonyl (C=O) groups is 1. The molecule has 1 fully saturated rings. The van der Waals surface area contributed by atoms with Crippen molar-refractivity contribution in [2.24, 2.45) is 0 Å². The Bertz CT molecular complexity index is 436. The van der Waals surface area contributed by atoms with E-state index in [0.717, 1.165) is 58.4 Å². The fourth-order valence-electron chi connectivity index (χ4n) is 1.99. The summed E-state index contributed by atoms with van der Waals surface area (Å²) in [5.41, 5.74) is 0.514. The van der Waals surface area contributed by atoms with E-state index in [1.807, 2.05) is 0 Å². The zero-order chi connectivity index (χ0) is 18.3. The zero-order valence-electron chi connectivity index (χ0n) is 14.7. The number of hydrogen-bond donors (Lipinski definition) is 3. The number of nitrogens with one attached hydrogen (secondary N) is 2. The Balaban J connectivity index is 0.000000728. The maximum Gasteiger partial charge on any atom is 0.264 e. The molecule has 0 spiro atoms. The Morgan fingerprint density at radius 3 is 2.08 bits per heavy atom. The van der Waals surface area contributed by atoms with Gasteiger partial charge in [0.2, 0.25) is 5.91 Å². The Morgan fingerprint density at radius 2 is 1.67 bits per heavy atom. The highest BCUT2D eigenvalue weighted by Gasteiger charge is 2.03. The number of ether oxygens (including phenoxy) is 1. The SMILES string of the molecule is C1COCCN1.C=C(C)C(=O)NCCCCCCCCS(=O)(=O)O. The molecule has 0 aromatic rings. The van der Waals surface area contributed by atoms with E-state index in [1.54, 1.807) is 6.92 Å². The highest BCUT2D eigenvalue weighted by Crippen LogP contribution is 2.06. The van der Waals surface area contributed by atoms with E-state index in [-0.39, 0.29) is 11.7 Å². The smallest absolute Gasteiger partial charge is 0.264 e. The molecule has 1 amide bonds. The molecule has 24 heavy (non-hydrogen) atoms. The van der Waals surface area contributed by atoms with Gasteiger partial charge in [-0.25, -0.2) is 0 Å². The number of rotatable bonds is 10. The van der Waals surface area contributed by atoms with E-state index in [9.17, 15) is 13.2 Å². The lowest BCUT2D eigenvalue weighted by Gasteiger charge is -2.10. The van der Waals surface area contributed by atoms with Crippen LogP contribution < -0.4 is 10.6 Å². The van der Waals surface area contributed by atoms with Crippen molar-refractivity contribution in [3.8, 4) is 0 Å². The summed E-state index contributed by atoms with van der Waals surface area (Å²) >= 11 is 0. The number of hydrogen-bond acceptors (Lipinski definition) is 5. The minimum atomic E-state index is -3.80. The first-order valence-electron chi connectivity index (χ1n) is 8.50. The third-order valence-electron chi connectivity index (χ3n) is 3.35. The van der Waals surface area contributed by atoms with E-state index in [4.69, 9.17) is 9.29 Å². The molecule has 0 aromatic heterocycles. The molecule has 7 nitrogen and oxygen atoms in total. The van der Waals surface area contributed by atoms with Crippen LogP contribution in [0.25, 0.3) is 0 Å². The molecule has 0 aliphatic carbocycles. The van der Waals surface area contributed by atoms with E-state index >= 15 is 0 Å². The van der Waals surface area contributed by atoms with E-state index in [0.29, 0.717) is 18.5 Å². The summed E-state index contributed by atoms with van der Waals surface area (Å²) in [6.07, 6.45) is 5.18. The Morgan fingerprint density at radius 1 is 1.12 bits per heavy atom. The Labute approximate surface area is 146 Å². The van der Waals surface area contributed by atoms with Crippen molar-refractivity contribution >= 4 is 16.0 Å². The van der Waals surface area contributed by atoms with Crippen molar-refractivity contribution in [1.29, 1.82) is 0 Å². The number of amides is 1. The number of carbonyl (C=O) groups excluding carboxylic acids is 1. The quantitative estimate of drug-likeness (QED) is 0.308. The zero-order valence-corrected chi connectivity index (χ0v) is 15.5. The maximum absolute atomic E-state index is 11.1. The molecule has 1 rings (SSSR count). The highest BCUT2D eigenvalue weighted by atomic mass is 32.2. The van der Waals surface area contributed by atoms with Crippen molar-refractivity contribution in [3.05, 3.63) is 12.2 Å². The fraction of sp³-hybridized carbons (Fsp3) is 0.812. The van der Waals surface area contributed by atoms with E-state index < -0.39 is 10.1 Å². The van der Waals surface area contributed by atoms with Gasteiger partial charge in [-0.2, -0.15) is 8.42 Å². The third-order valence-corrected chi connectivity index (χ3v) is 4.15. The molecule has 8 heteroatoms.